The minimum atomic E-state index is -4.33. The van der Waals surface area contributed by atoms with Gasteiger partial charge >= 0.3 is 19.8 Å². The standard InChI is InChI=1S/C30H58NO8P/c1-6-8-9-10-11-12-13-14-15-16-17-18-19-20-21-22-23-30(33)39-28(26-36-29(32)7-2)27-38-40(34,35)37-25-24-31(3,4)5/h15-16,28H,6-14,17-27H2,1-5H3/p+1/b16-15-. The molecule has 0 saturated heterocycles. The summed E-state index contributed by atoms with van der Waals surface area (Å²) in [5, 5.41) is 0. The first-order chi connectivity index (χ1) is 19.0. The number of phosphoric ester groups is 1. The Morgan fingerprint density at radius 2 is 1.32 bits per heavy atom. The zero-order chi connectivity index (χ0) is 30.1. The molecule has 0 heterocycles. The molecule has 10 heteroatoms. The monoisotopic (exact) mass is 592 g/mol. The zero-order valence-electron chi connectivity index (χ0n) is 26.1. The summed E-state index contributed by atoms with van der Waals surface area (Å²) in [5.74, 6) is -0.909. The molecule has 236 valence electrons. The highest BCUT2D eigenvalue weighted by Crippen LogP contribution is 2.43. The van der Waals surface area contributed by atoms with Crippen molar-refractivity contribution in [3.05, 3.63) is 12.2 Å². The van der Waals surface area contributed by atoms with E-state index in [1.54, 1.807) is 6.92 Å². The van der Waals surface area contributed by atoms with E-state index in [1.165, 1.54) is 51.4 Å². The van der Waals surface area contributed by atoms with Crippen LogP contribution in [-0.2, 0) is 32.7 Å². The molecule has 0 rings (SSSR count). The molecule has 9 nitrogen and oxygen atoms in total. The first-order valence-corrected chi connectivity index (χ1v) is 16.9. The third-order valence-corrected chi connectivity index (χ3v) is 7.33. The third-order valence-electron chi connectivity index (χ3n) is 6.35. The molecule has 0 radical (unpaired) electrons. The maximum absolute atomic E-state index is 12.3. The van der Waals surface area contributed by atoms with E-state index in [4.69, 9.17) is 18.5 Å². The number of ether oxygens (including phenoxy) is 2. The topological polar surface area (TPSA) is 108 Å². The van der Waals surface area contributed by atoms with Crippen molar-refractivity contribution in [2.24, 2.45) is 0 Å². The predicted molar refractivity (Wildman–Crippen MR) is 160 cm³/mol. The van der Waals surface area contributed by atoms with Gasteiger partial charge in [0, 0.05) is 12.8 Å². The van der Waals surface area contributed by atoms with Crippen LogP contribution in [0.1, 0.15) is 117 Å². The molecule has 0 spiro atoms. The molecule has 0 aromatic carbocycles. The lowest BCUT2D eigenvalue weighted by Crippen LogP contribution is -2.37. The molecule has 0 amide bonds. The van der Waals surface area contributed by atoms with Gasteiger partial charge in [0.1, 0.15) is 19.8 Å². The van der Waals surface area contributed by atoms with Crippen LogP contribution in [0.5, 0.6) is 0 Å². The smallest absolute Gasteiger partial charge is 0.462 e. The largest absolute Gasteiger partial charge is 0.472 e. The van der Waals surface area contributed by atoms with E-state index >= 15 is 0 Å². The van der Waals surface area contributed by atoms with E-state index in [9.17, 15) is 19.0 Å². The van der Waals surface area contributed by atoms with Crippen molar-refractivity contribution in [1.29, 1.82) is 0 Å². The molecule has 1 N–H and O–H groups in total. The molecule has 0 fully saturated rings. The van der Waals surface area contributed by atoms with Crippen molar-refractivity contribution in [3.8, 4) is 0 Å². The first kappa shape index (κ1) is 38.8. The number of quaternary nitrogens is 1. The number of unbranched alkanes of at least 4 members (excludes halogenated alkanes) is 12. The summed E-state index contributed by atoms with van der Waals surface area (Å²) < 4.78 is 33.2. The van der Waals surface area contributed by atoms with Crippen molar-refractivity contribution in [2.45, 2.75) is 123 Å². The lowest BCUT2D eigenvalue weighted by molar-refractivity contribution is -0.870. The molecule has 0 saturated carbocycles. The Labute approximate surface area is 244 Å². The molecular weight excluding hydrogens is 533 g/mol. The Balaban J connectivity index is 4.11. The van der Waals surface area contributed by atoms with Gasteiger partial charge in [-0.15, -0.1) is 0 Å². The quantitative estimate of drug-likeness (QED) is 0.0353. The van der Waals surface area contributed by atoms with E-state index < -0.39 is 32.5 Å². The number of carbonyl (C=O) groups excluding carboxylic acids is 2. The summed E-state index contributed by atoms with van der Waals surface area (Å²) in [6.45, 7) is 3.78. The molecule has 0 aliphatic heterocycles. The van der Waals surface area contributed by atoms with Crippen molar-refractivity contribution in [1.82, 2.24) is 0 Å². The minimum Gasteiger partial charge on any atom is -0.462 e. The van der Waals surface area contributed by atoms with Crippen molar-refractivity contribution >= 4 is 19.8 Å². The van der Waals surface area contributed by atoms with Gasteiger partial charge in [0.15, 0.2) is 6.10 Å². The number of nitrogens with zero attached hydrogens (tertiary/aromatic N) is 1. The lowest BCUT2D eigenvalue weighted by atomic mass is 10.1. The highest BCUT2D eigenvalue weighted by Gasteiger charge is 2.26. The van der Waals surface area contributed by atoms with E-state index in [2.05, 4.69) is 19.1 Å². The number of likely N-dealkylation sites (N-methyl/N-ethyl adjacent to an activating group) is 1. The zero-order valence-corrected chi connectivity index (χ0v) is 27.0. The van der Waals surface area contributed by atoms with E-state index in [-0.39, 0.29) is 26.1 Å². The Hall–Kier alpha value is -1.25. The third kappa shape index (κ3) is 26.9. The Morgan fingerprint density at radius 1 is 0.775 bits per heavy atom. The number of allylic oxidation sites excluding steroid dienone is 2. The molecule has 0 aliphatic rings. The molecule has 0 aromatic heterocycles. The summed E-state index contributed by atoms with van der Waals surface area (Å²) in [6.07, 6.45) is 20.7. The van der Waals surface area contributed by atoms with Gasteiger partial charge in [-0.3, -0.25) is 18.6 Å². The van der Waals surface area contributed by atoms with E-state index in [0.29, 0.717) is 17.4 Å². The van der Waals surface area contributed by atoms with Crippen LogP contribution in [0.2, 0.25) is 0 Å². The minimum absolute atomic E-state index is 0.0299. The van der Waals surface area contributed by atoms with Crippen molar-refractivity contribution in [2.75, 3.05) is 47.5 Å². The molecule has 2 unspecified atom stereocenters. The molecular formula is C30H59NO8P+. The van der Waals surface area contributed by atoms with Gasteiger partial charge in [-0.1, -0.05) is 83.8 Å². The second-order valence-corrected chi connectivity index (χ2v) is 12.9. The molecule has 0 bridgehead atoms. The van der Waals surface area contributed by atoms with Crippen LogP contribution in [0.4, 0.5) is 0 Å². The fourth-order valence-corrected chi connectivity index (χ4v) is 4.55. The normalized spacial score (nSPS) is 14.2. The lowest BCUT2D eigenvalue weighted by Gasteiger charge is -2.24. The van der Waals surface area contributed by atoms with Crippen LogP contribution < -0.4 is 0 Å². The van der Waals surface area contributed by atoms with Crippen LogP contribution >= 0.6 is 7.82 Å². The summed E-state index contributed by atoms with van der Waals surface area (Å²) in [4.78, 5) is 33.8. The average molecular weight is 593 g/mol. The molecule has 2 atom stereocenters. The fraction of sp³-hybridized carbons (Fsp3) is 0.867. The van der Waals surface area contributed by atoms with Crippen molar-refractivity contribution in [3.63, 3.8) is 0 Å². The molecule has 0 aromatic rings. The van der Waals surface area contributed by atoms with Gasteiger partial charge in [-0.25, -0.2) is 4.57 Å². The Morgan fingerprint density at radius 3 is 1.88 bits per heavy atom. The SMILES string of the molecule is CCCCCCCCC/C=C\CCCCCCCC(=O)OC(COC(=O)CC)COP(=O)(O)OCC[N+](C)(C)C. The summed E-state index contributed by atoms with van der Waals surface area (Å²) in [5.41, 5.74) is 0. The highest BCUT2D eigenvalue weighted by atomic mass is 31.2. The molecule has 40 heavy (non-hydrogen) atoms. The Kier molecular flexibility index (Phi) is 23.6. The van der Waals surface area contributed by atoms with Gasteiger partial charge in [0.25, 0.3) is 0 Å². The van der Waals surface area contributed by atoms with Gasteiger partial charge in [-0.05, 0) is 32.1 Å². The second kappa shape index (κ2) is 24.4. The maximum Gasteiger partial charge on any atom is 0.472 e. The van der Waals surface area contributed by atoms with Crippen LogP contribution in [0.25, 0.3) is 0 Å². The number of rotatable bonds is 27. The van der Waals surface area contributed by atoms with Crippen LogP contribution in [0.15, 0.2) is 12.2 Å². The van der Waals surface area contributed by atoms with Crippen molar-refractivity contribution < 1.29 is 42.1 Å². The summed E-state index contributed by atoms with van der Waals surface area (Å²) in [6, 6.07) is 0. The van der Waals surface area contributed by atoms with E-state index in [1.807, 2.05) is 21.1 Å². The van der Waals surface area contributed by atoms with Gasteiger partial charge in [0.05, 0.1) is 27.7 Å². The highest BCUT2D eigenvalue weighted by molar-refractivity contribution is 7.47. The predicted octanol–water partition coefficient (Wildman–Crippen LogP) is 7.12. The number of esters is 2. The second-order valence-electron chi connectivity index (χ2n) is 11.4. The average Bonchev–Trinajstić information content (AvgIpc) is 2.88. The van der Waals surface area contributed by atoms with Crippen LogP contribution in [0.3, 0.4) is 0 Å². The number of hydrogen-bond acceptors (Lipinski definition) is 7. The van der Waals surface area contributed by atoms with Gasteiger partial charge in [0.2, 0.25) is 0 Å². The van der Waals surface area contributed by atoms with Gasteiger partial charge in [-0.2, -0.15) is 0 Å². The van der Waals surface area contributed by atoms with E-state index in [0.717, 1.165) is 32.1 Å². The summed E-state index contributed by atoms with van der Waals surface area (Å²) in [7, 11) is 1.46. The van der Waals surface area contributed by atoms with Crippen LogP contribution in [0, 0.1) is 0 Å². The molecule has 0 aliphatic carbocycles. The first-order valence-electron chi connectivity index (χ1n) is 15.4. The fourth-order valence-electron chi connectivity index (χ4n) is 3.81. The van der Waals surface area contributed by atoms with Gasteiger partial charge < -0.3 is 18.9 Å². The number of phosphoric acid groups is 1. The van der Waals surface area contributed by atoms with Crippen LogP contribution in [-0.4, -0.2) is 74.9 Å². The maximum atomic E-state index is 12.3. The number of hydrogen-bond donors (Lipinski definition) is 1. The summed E-state index contributed by atoms with van der Waals surface area (Å²) >= 11 is 0. The Bertz CT molecular complexity index is 723. The number of carbonyl (C=O) groups is 2.